The molecule has 11 aromatic rings. The molecule has 0 nitrogen and oxygen atoms in total. The van der Waals surface area contributed by atoms with Crippen LogP contribution in [0.5, 0.6) is 0 Å². The molecule has 0 spiro atoms. The summed E-state index contributed by atoms with van der Waals surface area (Å²) in [6.45, 7) is 0. The third kappa shape index (κ3) is 5.70. The third-order valence-corrected chi connectivity index (χ3v) is 15.0. The van der Waals surface area contributed by atoms with Crippen molar-refractivity contribution in [2.45, 2.75) is 0 Å². The normalized spacial score (nSPS) is 12.2. The van der Waals surface area contributed by atoms with Crippen LogP contribution in [0.3, 0.4) is 0 Å². The first-order valence-electron chi connectivity index (χ1n) is 21.5. The zero-order valence-corrected chi connectivity index (χ0v) is 38.0. The van der Waals surface area contributed by atoms with Gasteiger partial charge in [-0.2, -0.15) is 0 Å². The van der Waals surface area contributed by atoms with E-state index < -0.39 is 0 Å². The lowest BCUT2D eigenvalue weighted by Crippen LogP contribution is -2.51. The Balaban J connectivity index is 1.51. The predicted molar refractivity (Wildman–Crippen MR) is 340 cm³/mol. The van der Waals surface area contributed by atoms with E-state index >= 15 is 0 Å². The number of benzene rings is 11. The van der Waals surface area contributed by atoms with E-state index in [1.165, 1.54) is 0 Å². The van der Waals surface area contributed by atoms with Gasteiger partial charge in [-0.25, -0.2) is 0 Å². The molecule has 0 aliphatic rings. The Morgan fingerprint density at radius 1 is 0.0833 bits per heavy atom. The first kappa shape index (κ1) is 49.9. The lowest BCUT2D eigenvalue weighted by Gasteiger charge is -2.34. The van der Waals surface area contributed by atoms with E-state index in [9.17, 15) is 0 Å². The molecule has 0 bridgehead atoms. The molecule has 26 heteroatoms. The predicted octanol–water partition coefficient (Wildman–Crippen LogP) is -18.2. The topological polar surface area (TPSA) is 0 Å². The maximum atomic E-state index is 7.73. The van der Waals surface area contributed by atoms with Gasteiger partial charge in [-0.15, -0.1) is 21.9 Å². The standard InChI is InChI=1S/C46B26/c47-21-6(10-7-1-3-15(31(57)23(7)49)38(64)43(69)40(66)17(3)35(61)33(59)13(1)29(55)25(10)51)5-9-20(42(68)46(72)45(71)27(9)53)37(63)28(54)12(5)22(48)19(21)11-8-2-4-16(32(58)24(8)50)39(65)44(70)41(67)18(4)36(62)34(60)14(2)30(56)26(11)52. The molecule has 0 aliphatic heterocycles. The SMILES string of the molecule is [B]c1c([B])c([B])c2c(c1[B])c([B])c([B])c1c([B])c(-c3c([B])c([B])c4c([B])c([B])c5c([B])c([B])c([B])c6c([B])c([B])c3c4c56)c([B])c(-c3c([B])c([B])c4c([B])c([B])c5c([B])c([B])c([B])c6c([B])c([B])c3c4c56)c12. The summed E-state index contributed by atoms with van der Waals surface area (Å²) in [5.41, 5.74) is -2.06. The Bertz CT molecular complexity index is 4450. The highest BCUT2D eigenvalue weighted by Gasteiger charge is 2.32. The first-order valence-corrected chi connectivity index (χ1v) is 21.5. The van der Waals surface area contributed by atoms with Crippen molar-refractivity contribution in [2.24, 2.45) is 0 Å². The summed E-state index contributed by atoms with van der Waals surface area (Å²) in [5, 5.41) is 2.69. The molecule has 0 fully saturated rings. The van der Waals surface area contributed by atoms with Crippen LogP contribution in [0, 0.1) is 0 Å². The Kier molecular flexibility index (Phi) is 11.2. The van der Waals surface area contributed by atoms with Gasteiger partial charge < -0.3 is 0 Å². The van der Waals surface area contributed by atoms with Crippen molar-refractivity contribution in [3.8, 4) is 22.3 Å². The van der Waals surface area contributed by atoms with Crippen LogP contribution >= 0.6 is 0 Å². The fourth-order valence-electron chi connectivity index (χ4n) is 11.5. The highest BCUT2D eigenvalue weighted by atomic mass is 14.3. The second-order valence-corrected chi connectivity index (χ2v) is 18.3. The average molecular weight is 834 g/mol. The van der Waals surface area contributed by atoms with Crippen LogP contribution in [0.25, 0.3) is 108 Å². The van der Waals surface area contributed by atoms with Gasteiger partial charge in [0.15, 0.2) is 0 Å². The van der Waals surface area contributed by atoms with Crippen LogP contribution in [-0.4, -0.2) is 204 Å². The van der Waals surface area contributed by atoms with Gasteiger partial charge in [-0.1, -0.05) is 120 Å². The van der Waals surface area contributed by atoms with Crippen molar-refractivity contribution in [1.29, 1.82) is 0 Å². The third-order valence-electron chi connectivity index (χ3n) is 15.0. The summed E-state index contributed by atoms with van der Waals surface area (Å²) in [6.07, 6.45) is 0. The molecule has 0 unspecified atom stereocenters. The van der Waals surface area contributed by atoms with E-state index in [2.05, 4.69) is 0 Å². The summed E-state index contributed by atoms with van der Waals surface area (Å²) in [5.74, 6) is 0. The number of hydrogen-bond acceptors (Lipinski definition) is 0. The van der Waals surface area contributed by atoms with Crippen molar-refractivity contribution in [3.05, 3.63) is 0 Å². The largest absolute Gasteiger partial charge is 0.115 e. The highest BCUT2D eigenvalue weighted by molar-refractivity contribution is 6.79. The molecular formula is C46B26. The Hall–Kier alpha value is -4.29. The van der Waals surface area contributed by atoms with Crippen LogP contribution < -0.4 is 142 Å². The van der Waals surface area contributed by atoms with Gasteiger partial charge in [0.25, 0.3) is 0 Å². The molecule has 0 N–H and O–H groups in total. The van der Waals surface area contributed by atoms with Crippen LogP contribution in [0.4, 0.5) is 0 Å². The fourth-order valence-corrected chi connectivity index (χ4v) is 11.5. The summed E-state index contributed by atoms with van der Waals surface area (Å²) >= 11 is 0. The molecule has 0 amide bonds. The first-order chi connectivity index (χ1) is 33.7. The minimum Gasteiger partial charge on any atom is -0.110 e. The van der Waals surface area contributed by atoms with E-state index in [4.69, 9.17) is 204 Å². The maximum absolute atomic E-state index is 7.73. The second kappa shape index (κ2) is 16.1. The van der Waals surface area contributed by atoms with Crippen molar-refractivity contribution < 1.29 is 0 Å². The van der Waals surface area contributed by atoms with Crippen LogP contribution in [0.1, 0.15) is 0 Å². The molecule has 0 saturated heterocycles. The fraction of sp³-hybridized carbons (Fsp3) is 0. The number of rotatable bonds is 2. The molecule has 0 heterocycles. The minimum atomic E-state index is -0.205. The van der Waals surface area contributed by atoms with E-state index in [0.29, 0.717) is 5.39 Å². The van der Waals surface area contributed by atoms with Gasteiger partial charge >= 0.3 is 0 Å². The van der Waals surface area contributed by atoms with Crippen LogP contribution in [-0.2, 0) is 0 Å². The van der Waals surface area contributed by atoms with E-state index in [1.54, 1.807) is 0 Å². The molecule has 262 valence electrons. The van der Waals surface area contributed by atoms with Crippen molar-refractivity contribution in [3.63, 3.8) is 0 Å². The summed E-state index contributed by atoms with van der Waals surface area (Å²) in [4.78, 5) is 0. The van der Waals surface area contributed by atoms with Gasteiger partial charge in [-0.05, 0) is 108 Å². The molecule has 0 aliphatic carbocycles. The van der Waals surface area contributed by atoms with Crippen LogP contribution in [0.15, 0.2) is 0 Å². The molecule has 0 aromatic heterocycles. The van der Waals surface area contributed by atoms with E-state index in [1.807, 2.05) is 0 Å². The molecular weight excluding hydrogens is 834 g/mol. The summed E-state index contributed by atoms with van der Waals surface area (Å²) in [7, 11) is 180. The maximum Gasteiger partial charge on any atom is 0.115 e. The molecule has 0 saturated carbocycles. The molecule has 11 aromatic carbocycles. The average Bonchev–Trinajstić information content (AvgIpc) is 3.33. The van der Waals surface area contributed by atoms with Crippen molar-refractivity contribution >= 4 is 432 Å². The van der Waals surface area contributed by atoms with E-state index in [0.717, 1.165) is 0 Å². The Morgan fingerprint density at radius 3 is 0.556 bits per heavy atom. The van der Waals surface area contributed by atoms with Crippen molar-refractivity contribution in [2.75, 3.05) is 0 Å². The summed E-state index contributed by atoms with van der Waals surface area (Å²) in [6, 6.07) is 0. The lowest BCUT2D eigenvalue weighted by atomic mass is 9.55. The highest BCUT2D eigenvalue weighted by Crippen LogP contribution is 2.40. The van der Waals surface area contributed by atoms with Gasteiger partial charge in [-0.3, -0.25) is 0 Å². The quantitative estimate of drug-likeness (QED) is 0.120. The zero-order valence-electron chi connectivity index (χ0n) is 38.0. The lowest BCUT2D eigenvalue weighted by molar-refractivity contribution is 1.85. The molecule has 72 heavy (non-hydrogen) atoms. The monoisotopic (exact) mass is 838 g/mol. The zero-order chi connectivity index (χ0) is 52.6. The Morgan fingerprint density at radius 2 is 0.250 bits per heavy atom. The molecule has 52 radical (unpaired) electrons. The second-order valence-electron chi connectivity index (χ2n) is 18.3. The number of hydrogen-bond donors (Lipinski definition) is 0. The van der Waals surface area contributed by atoms with Crippen molar-refractivity contribution in [1.82, 2.24) is 0 Å². The van der Waals surface area contributed by atoms with Gasteiger partial charge in [0, 0.05) is 0 Å². The molecule has 0 atom stereocenters. The molecule has 11 rings (SSSR count). The van der Waals surface area contributed by atoms with E-state index in [-0.39, 0.29) is 245 Å². The number of fused-ring (bicyclic) bond motifs is 3. The van der Waals surface area contributed by atoms with Gasteiger partial charge in [0.1, 0.15) is 204 Å². The smallest absolute Gasteiger partial charge is 0.110 e. The summed E-state index contributed by atoms with van der Waals surface area (Å²) < 4.78 is 0. The van der Waals surface area contributed by atoms with Crippen LogP contribution in [0.2, 0.25) is 0 Å². The Labute approximate surface area is 451 Å². The van der Waals surface area contributed by atoms with Gasteiger partial charge in [0.05, 0.1) is 0 Å². The van der Waals surface area contributed by atoms with Gasteiger partial charge in [0.2, 0.25) is 0 Å². The minimum absolute atomic E-state index is 0.0000342.